The van der Waals surface area contributed by atoms with Gasteiger partial charge in [0.2, 0.25) is 0 Å². The molecule has 2 heterocycles. The third-order valence-corrected chi connectivity index (χ3v) is 5.25. The number of benzene rings is 1. The minimum absolute atomic E-state index is 0.209. The number of aryl methyl sites for hydroxylation is 1. The van der Waals surface area contributed by atoms with Crippen molar-refractivity contribution in [1.29, 1.82) is 5.41 Å². The van der Waals surface area contributed by atoms with Crippen molar-refractivity contribution in [1.82, 2.24) is 19.9 Å². The maximum Gasteiger partial charge on any atom is 0.252 e. The topological polar surface area (TPSA) is 105 Å². The Kier molecular flexibility index (Phi) is 8.04. The first-order valence-corrected chi connectivity index (χ1v) is 11.6. The minimum atomic E-state index is -0.649. The van der Waals surface area contributed by atoms with Crippen LogP contribution < -0.4 is 15.4 Å². The first-order chi connectivity index (χ1) is 16.3. The number of hydrogen-bond acceptors (Lipinski definition) is 6. The molecule has 1 aromatic carbocycles. The SMILES string of the molecule is CCCc1nccn1-c1cc(C(=O)NC(C)(C)COc2cccc(NCC)c2C(C)=N)ccn1. The van der Waals surface area contributed by atoms with Crippen molar-refractivity contribution in [3.63, 3.8) is 0 Å². The number of aromatic nitrogens is 3. The monoisotopic (exact) mass is 462 g/mol. The molecular formula is C26H34N6O2. The van der Waals surface area contributed by atoms with Crippen molar-refractivity contribution in [2.75, 3.05) is 18.5 Å². The zero-order chi connectivity index (χ0) is 24.7. The Hall–Kier alpha value is -3.68. The number of anilines is 1. The number of ether oxygens (including phenoxy) is 1. The summed E-state index contributed by atoms with van der Waals surface area (Å²) >= 11 is 0. The van der Waals surface area contributed by atoms with E-state index >= 15 is 0 Å². The lowest BCUT2D eigenvalue weighted by Crippen LogP contribution is -2.48. The van der Waals surface area contributed by atoms with Gasteiger partial charge in [-0.3, -0.25) is 9.36 Å². The normalized spacial score (nSPS) is 11.2. The summed E-state index contributed by atoms with van der Waals surface area (Å²) in [6.07, 6.45) is 7.05. The predicted molar refractivity (Wildman–Crippen MR) is 136 cm³/mol. The third-order valence-electron chi connectivity index (χ3n) is 5.25. The highest BCUT2D eigenvalue weighted by molar-refractivity contribution is 6.04. The van der Waals surface area contributed by atoms with Gasteiger partial charge >= 0.3 is 0 Å². The summed E-state index contributed by atoms with van der Waals surface area (Å²) in [5.41, 5.74) is 1.87. The van der Waals surface area contributed by atoms with Crippen molar-refractivity contribution >= 4 is 17.3 Å². The molecule has 180 valence electrons. The van der Waals surface area contributed by atoms with Crippen molar-refractivity contribution in [2.24, 2.45) is 0 Å². The molecule has 0 bridgehead atoms. The van der Waals surface area contributed by atoms with Crippen molar-refractivity contribution in [3.8, 4) is 11.6 Å². The van der Waals surface area contributed by atoms with Gasteiger partial charge in [0, 0.05) is 48.5 Å². The summed E-state index contributed by atoms with van der Waals surface area (Å²) in [5.74, 6) is 1.98. The van der Waals surface area contributed by atoms with Gasteiger partial charge in [-0.2, -0.15) is 0 Å². The molecule has 0 fully saturated rings. The van der Waals surface area contributed by atoms with Gasteiger partial charge in [0.05, 0.1) is 11.1 Å². The van der Waals surface area contributed by atoms with E-state index < -0.39 is 5.54 Å². The number of carbonyl (C=O) groups excluding carboxylic acids is 1. The number of pyridine rings is 1. The lowest BCUT2D eigenvalue weighted by Gasteiger charge is -2.27. The molecule has 0 unspecified atom stereocenters. The van der Waals surface area contributed by atoms with Crippen LogP contribution in [0.3, 0.4) is 0 Å². The molecule has 0 saturated carbocycles. The maximum atomic E-state index is 13.1. The number of nitrogens with zero attached hydrogens (tertiary/aromatic N) is 3. The summed E-state index contributed by atoms with van der Waals surface area (Å²) in [6, 6.07) is 9.14. The molecule has 0 aliphatic carbocycles. The highest BCUT2D eigenvalue weighted by atomic mass is 16.5. The van der Waals surface area contributed by atoms with E-state index in [1.54, 1.807) is 31.5 Å². The molecule has 0 radical (unpaired) electrons. The molecular weight excluding hydrogens is 428 g/mol. The lowest BCUT2D eigenvalue weighted by atomic mass is 10.0. The van der Waals surface area contributed by atoms with E-state index in [-0.39, 0.29) is 12.5 Å². The summed E-state index contributed by atoms with van der Waals surface area (Å²) in [5, 5.41) is 14.5. The van der Waals surface area contributed by atoms with E-state index in [2.05, 4.69) is 27.5 Å². The van der Waals surface area contributed by atoms with Crippen LogP contribution in [0.4, 0.5) is 5.69 Å². The highest BCUT2D eigenvalue weighted by Crippen LogP contribution is 2.28. The summed E-state index contributed by atoms with van der Waals surface area (Å²) < 4.78 is 8.00. The zero-order valence-electron chi connectivity index (χ0n) is 20.6. The summed E-state index contributed by atoms with van der Waals surface area (Å²) in [7, 11) is 0. The van der Waals surface area contributed by atoms with Crippen LogP contribution in [-0.4, -0.2) is 44.8 Å². The van der Waals surface area contributed by atoms with Gasteiger partial charge in [-0.05, 0) is 58.4 Å². The molecule has 0 spiro atoms. The van der Waals surface area contributed by atoms with Crippen LogP contribution in [0, 0.1) is 5.41 Å². The van der Waals surface area contributed by atoms with Gasteiger partial charge in [-0.1, -0.05) is 13.0 Å². The Morgan fingerprint density at radius 3 is 2.68 bits per heavy atom. The Morgan fingerprint density at radius 1 is 1.18 bits per heavy atom. The average molecular weight is 463 g/mol. The number of nitrogens with one attached hydrogen (secondary N) is 3. The molecule has 0 saturated heterocycles. The smallest absolute Gasteiger partial charge is 0.252 e. The van der Waals surface area contributed by atoms with Crippen molar-refractivity contribution in [3.05, 3.63) is 65.9 Å². The molecule has 0 atom stereocenters. The van der Waals surface area contributed by atoms with Crippen molar-refractivity contribution in [2.45, 2.75) is 53.0 Å². The Balaban J connectivity index is 1.73. The fraction of sp³-hybridized carbons (Fsp3) is 0.385. The molecule has 8 heteroatoms. The van der Waals surface area contributed by atoms with Gasteiger partial charge in [-0.15, -0.1) is 0 Å². The van der Waals surface area contributed by atoms with E-state index in [9.17, 15) is 4.79 Å². The van der Waals surface area contributed by atoms with Crippen LogP contribution in [0.15, 0.2) is 48.9 Å². The summed E-state index contributed by atoms with van der Waals surface area (Å²) in [4.78, 5) is 21.9. The van der Waals surface area contributed by atoms with E-state index in [0.29, 0.717) is 22.8 Å². The number of carbonyl (C=O) groups is 1. The number of hydrogen-bond donors (Lipinski definition) is 3. The van der Waals surface area contributed by atoms with E-state index in [4.69, 9.17) is 10.1 Å². The van der Waals surface area contributed by atoms with Gasteiger partial charge in [0.15, 0.2) is 0 Å². The second-order valence-corrected chi connectivity index (χ2v) is 8.83. The highest BCUT2D eigenvalue weighted by Gasteiger charge is 2.24. The van der Waals surface area contributed by atoms with Gasteiger partial charge in [0.25, 0.3) is 5.91 Å². The average Bonchev–Trinajstić information content (AvgIpc) is 3.26. The molecule has 34 heavy (non-hydrogen) atoms. The number of imidazole rings is 1. The Labute approximate surface area is 201 Å². The van der Waals surface area contributed by atoms with Gasteiger partial charge in [0.1, 0.15) is 24.0 Å². The molecule has 0 aliphatic heterocycles. The zero-order valence-corrected chi connectivity index (χ0v) is 20.6. The molecule has 0 aliphatic rings. The number of rotatable bonds is 11. The minimum Gasteiger partial charge on any atom is -0.490 e. The largest absolute Gasteiger partial charge is 0.490 e. The molecule has 3 N–H and O–H groups in total. The molecule has 3 aromatic rings. The van der Waals surface area contributed by atoms with Crippen LogP contribution in [0.25, 0.3) is 5.82 Å². The fourth-order valence-electron chi connectivity index (χ4n) is 3.69. The van der Waals surface area contributed by atoms with Crippen LogP contribution in [0.5, 0.6) is 5.75 Å². The van der Waals surface area contributed by atoms with Gasteiger partial charge < -0.3 is 20.8 Å². The van der Waals surface area contributed by atoms with Crippen LogP contribution >= 0.6 is 0 Å². The van der Waals surface area contributed by atoms with Crippen molar-refractivity contribution < 1.29 is 9.53 Å². The van der Waals surface area contributed by atoms with E-state index in [1.807, 2.05) is 49.7 Å². The molecule has 1 amide bonds. The molecule has 8 nitrogen and oxygen atoms in total. The summed E-state index contributed by atoms with van der Waals surface area (Å²) in [6.45, 7) is 10.7. The predicted octanol–water partition coefficient (Wildman–Crippen LogP) is 4.63. The van der Waals surface area contributed by atoms with Gasteiger partial charge in [-0.25, -0.2) is 9.97 Å². The lowest BCUT2D eigenvalue weighted by molar-refractivity contribution is 0.0880. The quantitative estimate of drug-likeness (QED) is 0.361. The fourth-order valence-corrected chi connectivity index (χ4v) is 3.69. The second-order valence-electron chi connectivity index (χ2n) is 8.83. The maximum absolute atomic E-state index is 13.1. The first kappa shape index (κ1) is 25.0. The Morgan fingerprint density at radius 2 is 1.97 bits per heavy atom. The second kappa shape index (κ2) is 11.0. The number of amides is 1. The first-order valence-electron chi connectivity index (χ1n) is 11.6. The molecule has 3 rings (SSSR count). The third kappa shape index (κ3) is 6.01. The van der Waals surface area contributed by atoms with E-state index in [0.717, 1.165) is 36.5 Å². The molecule has 2 aromatic heterocycles. The van der Waals surface area contributed by atoms with Crippen LogP contribution in [0.1, 0.15) is 62.8 Å². The van der Waals surface area contributed by atoms with E-state index in [1.165, 1.54) is 0 Å². The van der Waals surface area contributed by atoms with Crippen LogP contribution in [0.2, 0.25) is 0 Å². The Bertz CT molecular complexity index is 1150. The standard InChI is InChI=1S/C26H34N6O2/c1-6-9-22-30-14-15-32(22)23-16-19(12-13-29-23)25(33)31-26(4,5)17-34-21-11-8-10-20(28-7-2)24(21)18(3)27/h8,10-16,27-28H,6-7,9,17H2,1-5H3,(H,31,33). The van der Waals surface area contributed by atoms with Crippen LogP contribution in [-0.2, 0) is 6.42 Å².